The molecule has 1 aromatic heterocycles. The third kappa shape index (κ3) is 3.55. The fraction of sp³-hybridized carbons (Fsp3) is 0.409. The summed E-state index contributed by atoms with van der Waals surface area (Å²) in [5.41, 5.74) is 2.78. The highest BCUT2D eigenvalue weighted by Gasteiger charge is 2.27. The fourth-order valence-electron chi connectivity index (χ4n) is 3.94. The molecule has 0 spiro atoms. The molecule has 0 N–H and O–H groups in total. The van der Waals surface area contributed by atoms with E-state index in [-0.39, 0.29) is 11.7 Å². The van der Waals surface area contributed by atoms with Gasteiger partial charge in [0.25, 0.3) is 0 Å². The van der Waals surface area contributed by atoms with Gasteiger partial charge in [0.2, 0.25) is 5.95 Å². The number of Topliss-reactive ketones (excluding diaryl/α,β-unsaturated/α-hetero) is 1. The van der Waals surface area contributed by atoms with Crippen molar-refractivity contribution in [2.75, 3.05) is 11.4 Å². The minimum absolute atomic E-state index is 0.159. The molecule has 2 aromatic rings. The van der Waals surface area contributed by atoms with Crippen molar-refractivity contribution in [2.45, 2.75) is 45.1 Å². The van der Waals surface area contributed by atoms with E-state index >= 15 is 0 Å². The Balaban J connectivity index is 1.55. The molecule has 2 aliphatic rings. The largest absolute Gasteiger partial charge is 0.338 e. The van der Waals surface area contributed by atoms with Crippen molar-refractivity contribution in [1.82, 2.24) is 9.97 Å². The Kier molecular flexibility index (Phi) is 4.83. The minimum Gasteiger partial charge on any atom is -0.338 e. The molecule has 26 heavy (non-hydrogen) atoms. The molecular formula is C22H25N3O. The summed E-state index contributed by atoms with van der Waals surface area (Å²) in [6.07, 6.45) is 11.0. The van der Waals surface area contributed by atoms with Crippen molar-refractivity contribution in [1.29, 1.82) is 0 Å². The van der Waals surface area contributed by atoms with Gasteiger partial charge in [-0.1, -0.05) is 42.5 Å². The molecule has 0 saturated carbocycles. The van der Waals surface area contributed by atoms with E-state index in [9.17, 15) is 4.79 Å². The Hall–Kier alpha value is -2.49. The maximum absolute atomic E-state index is 12.5. The number of carbonyl (C=O) groups is 1. The van der Waals surface area contributed by atoms with Gasteiger partial charge in [-0.15, -0.1) is 0 Å². The first-order valence-electron chi connectivity index (χ1n) is 9.60. The molecule has 2 unspecified atom stereocenters. The second-order valence-corrected chi connectivity index (χ2v) is 7.43. The van der Waals surface area contributed by atoms with E-state index in [2.05, 4.69) is 41.1 Å². The van der Waals surface area contributed by atoms with Crippen molar-refractivity contribution in [2.24, 2.45) is 5.92 Å². The summed E-state index contributed by atoms with van der Waals surface area (Å²) in [5, 5.41) is 0. The average Bonchev–Trinajstić information content (AvgIpc) is 2.67. The normalized spacial score (nSPS) is 23.3. The molecule has 0 amide bonds. The summed E-state index contributed by atoms with van der Waals surface area (Å²) in [6.45, 7) is 3.24. The summed E-state index contributed by atoms with van der Waals surface area (Å²) >= 11 is 0. The summed E-state index contributed by atoms with van der Waals surface area (Å²) in [6, 6.07) is 10.7. The number of piperidine rings is 1. The zero-order valence-corrected chi connectivity index (χ0v) is 15.3. The predicted octanol–water partition coefficient (Wildman–Crippen LogP) is 4.31. The summed E-state index contributed by atoms with van der Waals surface area (Å²) in [5.74, 6) is 1.15. The number of allylic oxidation sites excluding steroid dienone is 1. The minimum atomic E-state index is 0.159. The number of carbonyl (C=O) groups excluding carboxylic acids is 1. The van der Waals surface area contributed by atoms with Crippen LogP contribution in [0.15, 0.2) is 42.6 Å². The van der Waals surface area contributed by atoms with Crippen molar-refractivity contribution in [3.63, 3.8) is 0 Å². The highest BCUT2D eigenvalue weighted by atomic mass is 16.1. The Morgan fingerprint density at radius 1 is 1.15 bits per heavy atom. The van der Waals surface area contributed by atoms with Crippen molar-refractivity contribution in [3.8, 4) is 0 Å². The van der Waals surface area contributed by atoms with Crippen LogP contribution < -0.4 is 4.90 Å². The van der Waals surface area contributed by atoms with Crippen LogP contribution in [-0.4, -0.2) is 28.3 Å². The monoisotopic (exact) mass is 347 g/mol. The SMILES string of the molecule is CC1CCCCN1c1ncc2c(n1)CC(/C=C/c1ccccc1)CC2=O. The number of benzene rings is 1. The third-order valence-electron chi connectivity index (χ3n) is 5.48. The molecule has 4 rings (SSSR count). The van der Waals surface area contributed by atoms with Gasteiger partial charge in [0.05, 0.1) is 11.3 Å². The Morgan fingerprint density at radius 3 is 2.81 bits per heavy atom. The van der Waals surface area contributed by atoms with Crippen LogP contribution in [0.5, 0.6) is 0 Å². The molecule has 0 bridgehead atoms. The van der Waals surface area contributed by atoms with E-state index in [1.807, 2.05) is 18.2 Å². The van der Waals surface area contributed by atoms with Crippen LogP contribution in [-0.2, 0) is 6.42 Å². The number of fused-ring (bicyclic) bond motifs is 1. The van der Waals surface area contributed by atoms with E-state index in [0.717, 1.165) is 30.2 Å². The predicted molar refractivity (Wildman–Crippen MR) is 104 cm³/mol. The summed E-state index contributed by atoms with van der Waals surface area (Å²) < 4.78 is 0. The van der Waals surface area contributed by atoms with E-state index in [1.54, 1.807) is 6.20 Å². The number of aromatic nitrogens is 2. The van der Waals surface area contributed by atoms with Gasteiger partial charge in [0.15, 0.2) is 5.78 Å². The second kappa shape index (κ2) is 7.40. The third-order valence-corrected chi connectivity index (χ3v) is 5.48. The quantitative estimate of drug-likeness (QED) is 0.830. The standard InChI is InChI=1S/C22H25N3O/c1-16-7-5-6-12-25(16)22-23-15-19-20(24-22)13-18(14-21(19)26)11-10-17-8-3-2-4-9-17/h2-4,8-11,15-16,18H,5-7,12-14H2,1H3/b11-10+. The smallest absolute Gasteiger partial charge is 0.225 e. The van der Waals surface area contributed by atoms with Crippen LogP contribution in [0.25, 0.3) is 6.08 Å². The number of ketones is 1. The Bertz CT molecular complexity index is 815. The first-order chi connectivity index (χ1) is 12.7. The Labute approximate surface area is 155 Å². The molecule has 1 aliphatic carbocycles. The van der Waals surface area contributed by atoms with Crippen LogP contribution in [0.4, 0.5) is 5.95 Å². The molecule has 0 radical (unpaired) electrons. The van der Waals surface area contributed by atoms with Gasteiger partial charge in [0, 0.05) is 25.2 Å². The van der Waals surface area contributed by atoms with Crippen LogP contribution in [0, 0.1) is 5.92 Å². The van der Waals surface area contributed by atoms with Crippen LogP contribution in [0.3, 0.4) is 0 Å². The van der Waals surface area contributed by atoms with Crippen LogP contribution in [0.2, 0.25) is 0 Å². The molecular weight excluding hydrogens is 322 g/mol. The van der Waals surface area contributed by atoms with Gasteiger partial charge in [-0.05, 0) is 44.1 Å². The first-order valence-corrected chi connectivity index (χ1v) is 9.60. The summed E-state index contributed by atoms with van der Waals surface area (Å²) in [4.78, 5) is 24.1. The second-order valence-electron chi connectivity index (χ2n) is 7.43. The summed E-state index contributed by atoms with van der Waals surface area (Å²) in [7, 11) is 0. The van der Waals surface area contributed by atoms with E-state index in [4.69, 9.17) is 4.98 Å². The van der Waals surface area contributed by atoms with E-state index < -0.39 is 0 Å². The molecule has 4 heteroatoms. The topological polar surface area (TPSA) is 46.1 Å². The van der Waals surface area contributed by atoms with Gasteiger partial charge in [-0.2, -0.15) is 0 Å². The highest BCUT2D eigenvalue weighted by Crippen LogP contribution is 2.28. The zero-order valence-electron chi connectivity index (χ0n) is 15.3. The van der Waals surface area contributed by atoms with Crippen molar-refractivity contribution >= 4 is 17.8 Å². The number of nitrogens with zero attached hydrogens (tertiary/aromatic N) is 3. The number of hydrogen-bond donors (Lipinski definition) is 0. The van der Waals surface area contributed by atoms with E-state index in [0.29, 0.717) is 18.0 Å². The van der Waals surface area contributed by atoms with Gasteiger partial charge in [-0.25, -0.2) is 9.97 Å². The fourth-order valence-corrected chi connectivity index (χ4v) is 3.94. The Morgan fingerprint density at radius 2 is 2.00 bits per heavy atom. The lowest BCUT2D eigenvalue weighted by atomic mass is 9.86. The van der Waals surface area contributed by atoms with Crippen LogP contribution in [0.1, 0.15) is 54.2 Å². The molecule has 2 atom stereocenters. The lowest BCUT2D eigenvalue weighted by Crippen LogP contribution is -2.39. The highest BCUT2D eigenvalue weighted by molar-refractivity contribution is 5.98. The van der Waals surface area contributed by atoms with Gasteiger partial charge < -0.3 is 4.90 Å². The van der Waals surface area contributed by atoms with E-state index in [1.165, 1.54) is 19.3 Å². The molecule has 1 aromatic carbocycles. The van der Waals surface area contributed by atoms with Crippen LogP contribution >= 0.6 is 0 Å². The molecule has 134 valence electrons. The van der Waals surface area contributed by atoms with Crippen molar-refractivity contribution < 1.29 is 4.79 Å². The average molecular weight is 347 g/mol. The van der Waals surface area contributed by atoms with Gasteiger partial charge >= 0.3 is 0 Å². The lowest BCUT2D eigenvalue weighted by Gasteiger charge is -2.34. The molecule has 4 nitrogen and oxygen atoms in total. The lowest BCUT2D eigenvalue weighted by molar-refractivity contribution is 0.0957. The van der Waals surface area contributed by atoms with Crippen molar-refractivity contribution in [3.05, 3.63) is 59.4 Å². The first kappa shape index (κ1) is 17.0. The number of rotatable bonds is 3. The zero-order chi connectivity index (χ0) is 17.9. The molecule has 1 fully saturated rings. The maximum atomic E-state index is 12.5. The maximum Gasteiger partial charge on any atom is 0.225 e. The number of hydrogen-bond acceptors (Lipinski definition) is 4. The molecule has 2 heterocycles. The van der Waals surface area contributed by atoms with Gasteiger partial charge in [0.1, 0.15) is 0 Å². The molecule has 1 aliphatic heterocycles. The molecule has 1 saturated heterocycles. The number of anilines is 1. The van der Waals surface area contributed by atoms with Gasteiger partial charge in [-0.3, -0.25) is 4.79 Å².